The molecule has 1 aromatic carbocycles. The number of halogens is 1. The molecule has 1 heterocycles. The van der Waals surface area contributed by atoms with E-state index in [0.717, 1.165) is 0 Å². The smallest absolute Gasteiger partial charge is 0.243 e. The summed E-state index contributed by atoms with van der Waals surface area (Å²) in [4.78, 5) is 0.140. The Morgan fingerprint density at radius 3 is 2.45 bits per heavy atom. The topological polar surface area (TPSA) is 66.8 Å². The Balaban J connectivity index is 2.32. The Morgan fingerprint density at radius 1 is 1.35 bits per heavy atom. The number of hydrogen-bond donors (Lipinski definition) is 1. The van der Waals surface area contributed by atoms with Crippen LogP contribution in [0.5, 0.6) is 0 Å². The predicted molar refractivity (Wildman–Crippen MR) is 76.1 cm³/mol. The summed E-state index contributed by atoms with van der Waals surface area (Å²) in [7, 11) is -3.59. The van der Waals surface area contributed by atoms with Gasteiger partial charge in [-0.1, -0.05) is 17.7 Å². The van der Waals surface area contributed by atoms with E-state index in [2.05, 4.69) is 0 Å². The first-order valence-corrected chi connectivity index (χ1v) is 8.21. The number of rotatable bonds is 3. The first-order chi connectivity index (χ1) is 9.34. The summed E-state index contributed by atoms with van der Waals surface area (Å²) in [5.74, 6) is 0. The van der Waals surface area contributed by atoms with Crippen LogP contribution in [0.1, 0.15) is 19.4 Å². The average Bonchev–Trinajstić information content (AvgIpc) is 2.37. The molecule has 0 amide bonds. The van der Waals surface area contributed by atoms with Crippen LogP contribution in [0.15, 0.2) is 23.1 Å². The van der Waals surface area contributed by atoms with Gasteiger partial charge in [-0.2, -0.15) is 4.31 Å². The van der Waals surface area contributed by atoms with Gasteiger partial charge in [-0.25, -0.2) is 8.42 Å². The minimum Gasteiger partial charge on any atom is -0.392 e. The Labute approximate surface area is 124 Å². The summed E-state index contributed by atoms with van der Waals surface area (Å²) in [6.45, 7) is 4.13. The van der Waals surface area contributed by atoms with E-state index in [9.17, 15) is 8.42 Å². The molecule has 0 unspecified atom stereocenters. The second-order valence-electron chi connectivity index (χ2n) is 4.99. The van der Waals surface area contributed by atoms with Gasteiger partial charge < -0.3 is 9.84 Å². The lowest BCUT2D eigenvalue weighted by Gasteiger charge is -2.34. The minimum absolute atomic E-state index is 0.138. The molecule has 0 radical (unpaired) electrons. The van der Waals surface area contributed by atoms with Gasteiger partial charge in [-0.15, -0.1) is 0 Å². The normalized spacial score (nSPS) is 24.8. The van der Waals surface area contributed by atoms with Crippen molar-refractivity contribution in [2.45, 2.75) is 37.6 Å². The maximum absolute atomic E-state index is 12.6. The molecule has 20 heavy (non-hydrogen) atoms. The van der Waals surface area contributed by atoms with Crippen molar-refractivity contribution in [3.05, 3.63) is 28.8 Å². The Kier molecular flexibility index (Phi) is 4.71. The van der Waals surface area contributed by atoms with E-state index in [1.54, 1.807) is 0 Å². The van der Waals surface area contributed by atoms with Crippen LogP contribution in [0.2, 0.25) is 5.02 Å². The quantitative estimate of drug-likeness (QED) is 0.919. The highest BCUT2D eigenvalue weighted by Gasteiger charge is 2.32. The number of hydrogen-bond acceptors (Lipinski definition) is 4. The van der Waals surface area contributed by atoms with Gasteiger partial charge in [0.05, 0.1) is 23.7 Å². The maximum Gasteiger partial charge on any atom is 0.243 e. The molecule has 0 aromatic heterocycles. The fourth-order valence-electron chi connectivity index (χ4n) is 2.29. The first-order valence-electron chi connectivity index (χ1n) is 6.39. The van der Waals surface area contributed by atoms with Crippen molar-refractivity contribution in [2.24, 2.45) is 0 Å². The number of aliphatic hydroxyl groups excluding tert-OH is 1. The van der Waals surface area contributed by atoms with Crippen molar-refractivity contribution in [1.29, 1.82) is 0 Å². The van der Waals surface area contributed by atoms with E-state index in [1.807, 2.05) is 13.8 Å². The lowest BCUT2D eigenvalue weighted by molar-refractivity contribution is -0.0440. The van der Waals surface area contributed by atoms with Crippen molar-refractivity contribution in [3.8, 4) is 0 Å². The van der Waals surface area contributed by atoms with Crippen molar-refractivity contribution in [2.75, 3.05) is 13.1 Å². The van der Waals surface area contributed by atoms with Crippen LogP contribution >= 0.6 is 11.6 Å². The Morgan fingerprint density at radius 2 is 1.95 bits per heavy atom. The molecule has 0 aliphatic carbocycles. The number of morpholine rings is 1. The van der Waals surface area contributed by atoms with Gasteiger partial charge in [0.25, 0.3) is 0 Å². The van der Waals surface area contributed by atoms with Crippen LogP contribution in [0.4, 0.5) is 0 Å². The summed E-state index contributed by atoms with van der Waals surface area (Å²) in [6.07, 6.45) is -0.276. The third-order valence-corrected chi connectivity index (χ3v) is 5.40. The number of sulfonamides is 1. The molecular formula is C13H18ClNO4S. The average molecular weight is 320 g/mol. The number of nitrogens with zero attached hydrogens (tertiary/aromatic N) is 1. The number of benzene rings is 1. The Bertz CT molecular complexity index is 580. The van der Waals surface area contributed by atoms with Crippen LogP contribution in [0.3, 0.4) is 0 Å². The molecule has 1 fully saturated rings. The maximum atomic E-state index is 12.6. The molecule has 1 saturated heterocycles. The molecule has 0 saturated carbocycles. The molecule has 1 aromatic rings. The minimum atomic E-state index is -3.59. The molecule has 2 rings (SSSR count). The fraction of sp³-hybridized carbons (Fsp3) is 0.538. The fourth-order valence-corrected chi connectivity index (χ4v) is 4.22. The third kappa shape index (κ3) is 3.15. The van der Waals surface area contributed by atoms with Gasteiger partial charge in [-0.3, -0.25) is 0 Å². The van der Waals surface area contributed by atoms with Crippen molar-refractivity contribution in [3.63, 3.8) is 0 Å². The highest BCUT2D eigenvalue weighted by atomic mass is 35.5. The molecule has 1 N–H and O–H groups in total. The molecule has 0 bridgehead atoms. The SMILES string of the molecule is C[C@@H]1CN(S(=O)(=O)c2ccc(CO)c(Cl)c2)C[C@H](C)O1. The van der Waals surface area contributed by atoms with E-state index in [1.165, 1.54) is 22.5 Å². The molecule has 2 atom stereocenters. The number of aliphatic hydroxyl groups is 1. The van der Waals surface area contributed by atoms with Gasteiger partial charge >= 0.3 is 0 Å². The molecule has 0 spiro atoms. The monoisotopic (exact) mass is 319 g/mol. The van der Waals surface area contributed by atoms with Gasteiger partial charge in [0.1, 0.15) is 0 Å². The lowest BCUT2D eigenvalue weighted by atomic mass is 10.2. The molecule has 5 nitrogen and oxygen atoms in total. The van der Waals surface area contributed by atoms with Crippen molar-refractivity contribution in [1.82, 2.24) is 4.31 Å². The van der Waals surface area contributed by atoms with Gasteiger partial charge in [0, 0.05) is 18.1 Å². The van der Waals surface area contributed by atoms with Gasteiger partial charge in [0.2, 0.25) is 10.0 Å². The Hall–Kier alpha value is -0.660. The molecule has 112 valence electrons. The number of ether oxygens (including phenoxy) is 1. The summed E-state index contributed by atoms with van der Waals surface area (Å²) < 4.78 is 32.1. The summed E-state index contributed by atoms with van der Waals surface area (Å²) >= 11 is 5.96. The second kappa shape index (κ2) is 5.99. The molecule has 1 aliphatic heterocycles. The lowest BCUT2D eigenvalue weighted by Crippen LogP contribution is -2.48. The summed E-state index contributed by atoms with van der Waals surface area (Å²) in [5.41, 5.74) is 0.509. The van der Waals surface area contributed by atoms with Crippen molar-refractivity contribution < 1.29 is 18.3 Å². The third-order valence-electron chi connectivity index (χ3n) is 3.22. The standard InChI is InChI=1S/C13H18ClNO4S/c1-9-6-15(7-10(2)19-9)20(17,18)12-4-3-11(8-16)13(14)5-12/h3-5,9-10,16H,6-8H2,1-2H3/t9-,10+. The zero-order valence-corrected chi connectivity index (χ0v) is 13.0. The van der Waals surface area contributed by atoms with Crippen LogP contribution in [-0.4, -0.2) is 43.1 Å². The van der Waals surface area contributed by atoms with Crippen LogP contribution in [-0.2, 0) is 21.4 Å². The zero-order valence-electron chi connectivity index (χ0n) is 11.4. The highest BCUT2D eigenvalue weighted by molar-refractivity contribution is 7.89. The first kappa shape index (κ1) is 15.7. The molecule has 1 aliphatic rings. The van der Waals surface area contributed by atoms with E-state index in [-0.39, 0.29) is 28.7 Å². The molecular weight excluding hydrogens is 302 g/mol. The molecule has 7 heteroatoms. The predicted octanol–water partition coefficient (Wildman–Crippen LogP) is 1.63. The van der Waals surface area contributed by atoms with Crippen LogP contribution < -0.4 is 0 Å². The largest absolute Gasteiger partial charge is 0.392 e. The van der Waals surface area contributed by atoms with E-state index >= 15 is 0 Å². The summed E-state index contributed by atoms with van der Waals surface area (Å²) in [6, 6.07) is 4.38. The highest BCUT2D eigenvalue weighted by Crippen LogP contribution is 2.25. The zero-order chi connectivity index (χ0) is 14.9. The van der Waals surface area contributed by atoms with E-state index in [0.29, 0.717) is 18.7 Å². The van der Waals surface area contributed by atoms with E-state index < -0.39 is 10.0 Å². The second-order valence-corrected chi connectivity index (χ2v) is 7.34. The van der Waals surface area contributed by atoms with Gasteiger partial charge in [-0.05, 0) is 31.5 Å². The summed E-state index contributed by atoms with van der Waals surface area (Å²) in [5, 5.41) is 9.32. The van der Waals surface area contributed by atoms with Crippen LogP contribution in [0.25, 0.3) is 0 Å². The van der Waals surface area contributed by atoms with Crippen molar-refractivity contribution >= 4 is 21.6 Å². The van der Waals surface area contributed by atoms with E-state index in [4.69, 9.17) is 21.4 Å². The van der Waals surface area contributed by atoms with Crippen LogP contribution in [0, 0.1) is 0 Å². The van der Waals surface area contributed by atoms with Gasteiger partial charge in [0.15, 0.2) is 0 Å².